The fraction of sp³-hybridized carbons (Fsp3) is 0.606. The van der Waals surface area contributed by atoms with Gasteiger partial charge in [-0.1, -0.05) is 51.1 Å². The molecule has 0 bridgehead atoms. The van der Waals surface area contributed by atoms with Crippen LogP contribution < -0.4 is 5.73 Å². The molecule has 0 saturated heterocycles. The maximum absolute atomic E-state index is 11.7. The molecule has 200 valence electrons. The van der Waals surface area contributed by atoms with Crippen LogP contribution in [0.5, 0.6) is 0 Å². The highest BCUT2D eigenvalue weighted by Crippen LogP contribution is 2.62. The second-order valence-electron chi connectivity index (χ2n) is 12.5. The van der Waals surface area contributed by atoms with Gasteiger partial charge < -0.3 is 10.8 Å². The summed E-state index contributed by atoms with van der Waals surface area (Å²) < 4.78 is 0. The number of rotatable bonds is 9. The molecule has 0 radical (unpaired) electrons. The number of carbonyl (C=O) groups is 1. The number of fused-ring (bicyclic) bond motifs is 5. The van der Waals surface area contributed by atoms with Crippen LogP contribution in [0.1, 0.15) is 97.8 Å². The molecule has 4 heteroatoms. The molecular formula is C33H46N2O2. The normalized spacial score (nSPS) is 30.6. The number of hydrogen-bond donors (Lipinski definition) is 2. The zero-order chi connectivity index (χ0) is 26.2. The second kappa shape index (κ2) is 10.9. The van der Waals surface area contributed by atoms with Gasteiger partial charge in [-0.3, -0.25) is 9.69 Å². The Bertz CT molecular complexity index is 1110. The first kappa shape index (κ1) is 26.4. The average molecular weight is 503 g/mol. The van der Waals surface area contributed by atoms with Gasteiger partial charge in [0, 0.05) is 12.1 Å². The van der Waals surface area contributed by atoms with Gasteiger partial charge >= 0.3 is 0 Å². The lowest BCUT2D eigenvalue weighted by molar-refractivity contribution is -0.0325. The van der Waals surface area contributed by atoms with Gasteiger partial charge in [0.2, 0.25) is 5.91 Å². The Labute approximate surface area is 223 Å². The number of amides is 1. The van der Waals surface area contributed by atoms with Crippen molar-refractivity contribution in [3.05, 3.63) is 70.3 Å². The van der Waals surface area contributed by atoms with Crippen molar-refractivity contribution in [3.63, 3.8) is 0 Å². The molecule has 0 aliphatic heterocycles. The smallest absolute Gasteiger partial charge is 0.248 e. The lowest BCUT2D eigenvalue weighted by atomic mass is 9.55. The van der Waals surface area contributed by atoms with Crippen LogP contribution in [0.4, 0.5) is 0 Å². The average Bonchev–Trinajstić information content (AvgIpc) is 3.14. The molecule has 3 aliphatic rings. The van der Waals surface area contributed by atoms with Crippen molar-refractivity contribution in [3.8, 4) is 0 Å². The third-order valence-electron chi connectivity index (χ3n) is 10.1. The summed E-state index contributed by atoms with van der Waals surface area (Å²) in [5, 5.41) is 11.6. The predicted octanol–water partition coefficient (Wildman–Crippen LogP) is 6.09. The maximum atomic E-state index is 11.7. The summed E-state index contributed by atoms with van der Waals surface area (Å²) in [6.45, 7) is 10.3. The van der Waals surface area contributed by atoms with Gasteiger partial charge in [-0.2, -0.15) is 0 Å². The van der Waals surface area contributed by atoms with Crippen LogP contribution in [-0.4, -0.2) is 35.1 Å². The Morgan fingerprint density at radius 2 is 1.86 bits per heavy atom. The van der Waals surface area contributed by atoms with Gasteiger partial charge in [0.1, 0.15) is 0 Å². The molecule has 0 aromatic heterocycles. The summed E-state index contributed by atoms with van der Waals surface area (Å²) in [6.07, 6.45) is 8.71. The molecule has 2 fully saturated rings. The first-order valence-electron chi connectivity index (χ1n) is 14.7. The Morgan fingerprint density at radius 3 is 2.59 bits per heavy atom. The van der Waals surface area contributed by atoms with E-state index in [1.807, 2.05) is 12.1 Å². The van der Waals surface area contributed by atoms with Gasteiger partial charge in [0.05, 0.1) is 6.10 Å². The van der Waals surface area contributed by atoms with Crippen molar-refractivity contribution >= 4 is 5.91 Å². The molecule has 3 N–H and O–H groups in total. The van der Waals surface area contributed by atoms with Crippen molar-refractivity contribution in [1.82, 2.24) is 4.90 Å². The minimum Gasteiger partial charge on any atom is -0.392 e. The van der Waals surface area contributed by atoms with E-state index in [0.717, 1.165) is 31.4 Å². The molecule has 2 aromatic rings. The van der Waals surface area contributed by atoms with Gasteiger partial charge in [-0.15, -0.1) is 0 Å². The van der Waals surface area contributed by atoms with Gasteiger partial charge in [-0.25, -0.2) is 0 Å². The van der Waals surface area contributed by atoms with Crippen LogP contribution in [0.15, 0.2) is 42.5 Å². The van der Waals surface area contributed by atoms with Crippen LogP contribution >= 0.6 is 0 Å². The predicted molar refractivity (Wildman–Crippen MR) is 150 cm³/mol. The minimum absolute atomic E-state index is 0.00855. The Hall–Kier alpha value is -2.17. The van der Waals surface area contributed by atoms with E-state index >= 15 is 0 Å². The van der Waals surface area contributed by atoms with E-state index in [1.54, 1.807) is 17.2 Å². The zero-order valence-electron chi connectivity index (χ0n) is 23.1. The largest absolute Gasteiger partial charge is 0.392 e. The van der Waals surface area contributed by atoms with Crippen molar-refractivity contribution in [2.75, 3.05) is 13.1 Å². The molecule has 4 nitrogen and oxygen atoms in total. The van der Waals surface area contributed by atoms with E-state index in [9.17, 15) is 9.90 Å². The molecule has 5 rings (SSSR count). The molecule has 6 atom stereocenters. The third-order valence-corrected chi connectivity index (χ3v) is 10.1. The van der Waals surface area contributed by atoms with Crippen molar-refractivity contribution in [1.29, 1.82) is 0 Å². The maximum Gasteiger partial charge on any atom is 0.248 e. The molecule has 2 saturated carbocycles. The number of nitrogens with zero attached hydrogens (tertiary/aromatic N) is 1. The summed E-state index contributed by atoms with van der Waals surface area (Å²) in [6, 6.07) is 15.0. The standard InChI is InChI=1S/C33H46N2O2/c1-4-15-35(16-5-2)21-23-9-11-27-24(19-23)10-12-29-28(27)13-14-33(3)30(29)20-26(31(33)36)18-22-7-6-8-25(17-22)32(34)37/h6-9,11,17,19,26,28-31,36H,4-5,10,12-16,18,20-21H2,1-3H3,(H2,34,37)/t26-,28?,29?,30?,31-,33-/m0/s1. The number of aryl methyl sites for hydroxylation is 1. The first-order valence-corrected chi connectivity index (χ1v) is 14.7. The molecule has 0 heterocycles. The van der Waals surface area contributed by atoms with Crippen molar-refractivity contribution in [2.24, 2.45) is 28.9 Å². The number of primary amides is 1. The highest BCUT2D eigenvalue weighted by Gasteiger charge is 2.57. The zero-order valence-corrected chi connectivity index (χ0v) is 23.1. The minimum atomic E-state index is -0.384. The van der Waals surface area contributed by atoms with Crippen LogP contribution in [-0.2, 0) is 19.4 Å². The Morgan fingerprint density at radius 1 is 1.08 bits per heavy atom. The molecular weight excluding hydrogens is 456 g/mol. The molecule has 3 aliphatic carbocycles. The van der Waals surface area contributed by atoms with E-state index in [-0.39, 0.29) is 23.3 Å². The summed E-state index contributed by atoms with van der Waals surface area (Å²) in [5.74, 6) is 1.70. The SMILES string of the molecule is CCCN(CCC)Cc1ccc2c(c1)CCC1C2CC[C@@]2(C)C1C[C@H](Cc1cccc(C(N)=O)c1)[C@@H]2O. The van der Waals surface area contributed by atoms with Crippen LogP contribution in [0, 0.1) is 23.2 Å². The Balaban J connectivity index is 1.32. The van der Waals surface area contributed by atoms with Crippen molar-refractivity contribution in [2.45, 2.75) is 90.7 Å². The van der Waals surface area contributed by atoms with Crippen LogP contribution in [0.25, 0.3) is 0 Å². The summed E-state index contributed by atoms with van der Waals surface area (Å²) in [4.78, 5) is 14.3. The van der Waals surface area contributed by atoms with Crippen LogP contribution in [0.3, 0.4) is 0 Å². The Kier molecular flexibility index (Phi) is 7.79. The quantitative estimate of drug-likeness (QED) is 0.436. The fourth-order valence-electron chi connectivity index (χ4n) is 8.40. The van der Waals surface area contributed by atoms with E-state index in [2.05, 4.69) is 49.9 Å². The highest BCUT2D eigenvalue weighted by molar-refractivity contribution is 5.92. The molecule has 2 aromatic carbocycles. The number of aliphatic hydroxyl groups excluding tert-OH is 1. The molecule has 0 spiro atoms. The topological polar surface area (TPSA) is 66.6 Å². The number of carbonyl (C=O) groups excluding carboxylic acids is 1. The van der Waals surface area contributed by atoms with Crippen LogP contribution in [0.2, 0.25) is 0 Å². The summed E-state index contributed by atoms with van der Waals surface area (Å²) in [5.41, 5.74) is 11.8. The number of hydrogen-bond acceptors (Lipinski definition) is 3. The monoisotopic (exact) mass is 502 g/mol. The molecule has 37 heavy (non-hydrogen) atoms. The number of aliphatic hydroxyl groups is 1. The van der Waals surface area contributed by atoms with E-state index in [4.69, 9.17) is 5.73 Å². The second-order valence-corrected chi connectivity index (χ2v) is 12.5. The van der Waals surface area contributed by atoms with E-state index in [0.29, 0.717) is 23.3 Å². The van der Waals surface area contributed by atoms with Crippen molar-refractivity contribution < 1.29 is 9.90 Å². The summed E-state index contributed by atoms with van der Waals surface area (Å²) in [7, 11) is 0. The highest BCUT2D eigenvalue weighted by atomic mass is 16.3. The number of benzene rings is 2. The van der Waals surface area contributed by atoms with Gasteiger partial charge in [-0.05, 0) is 128 Å². The molecule has 1 amide bonds. The van der Waals surface area contributed by atoms with Gasteiger partial charge in [0.25, 0.3) is 0 Å². The van der Waals surface area contributed by atoms with E-state index in [1.165, 1.54) is 50.8 Å². The first-order chi connectivity index (χ1) is 17.8. The number of nitrogens with two attached hydrogens (primary N) is 1. The lowest BCUT2D eigenvalue weighted by Gasteiger charge is -2.50. The summed E-state index contributed by atoms with van der Waals surface area (Å²) >= 11 is 0. The fourth-order valence-corrected chi connectivity index (χ4v) is 8.40. The lowest BCUT2D eigenvalue weighted by Crippen LogP contribution is -2.44. The third kappa shape index (κ3) is 5.12. The molecule has 3 unspecified atom stereocenters. The van der Waals surface area contributed by atoms with E-state index < -0.39 is 0 Å². The van der Waals surface area contributed by atoms with Gasteiger partial charge in [0.15, 0.2) is 0 Å².